The molecule has 0 aliphatic carbocycles. The molecule has 1 aromatic rings. The van der Waals surface area contributed by atoms with Crippen LogP contribution in [-0.4, -0.2) is 47.0 Å². The Morgan fingerprint density at radius 1 is 1.50 bits per heavy atom. The number of hydrogen-bond acceptors (Lipinski definition) is 3. The Balaban J connectivity index is 1.88. The van der Waals surface area contributed by atoms with Gasteiger partial charge in [-0.3, -0.25) is 4.79 Å². The molecule has 5 heteroatoms. The summed E-state index contributed by atoms with van der Waals surface area (Å²) in [5.74, 6) is 0.898. The van der Waals surface area contributed by atoms with E-state index in [0.717, 1.165) is 32.0 Å². The van der Waals surface area contributed by atoms with Crippen molar-refractivity contribution in [2.75, 3.05) is 26.2 Å². The van der Waals surface area contributed by atoms with Crippen molar-refractivity contribution in [2.45, 2.75) is 6.42 Å². The van der Waals surface area contributed by atoms with E-state index in [4.69, 9.17) is 0 Å². The number of carbonyl (C=O) groups is 1. The minimum atomic E-state index is 0.154. The molecule has 5 nitrogen and oxygen atoms in total. The summed E-state index contributed by atoms with van der Waals surface area (Å²) in [5.41, 5.74) is 0. The number of nitrogens with one attached hydrogen (secondary N) is 2. The van der Waals surface area contributed by atoms with Crippen LogP contribution in [0.2, 0.25) is 0 Å². The molecule has 0 aromatic carbocycles. The number of rotatable bonds is 2. The minimum Gasteiger partial charge on any atom is -0.348 e. The Bertz CT molecular complexity index is 290. The van der Waals surface area contributed by atoms with Crippen LogP contribution >= 0.6 is 0 Å². The van der Waals surface area contributed by atoms with Gasteiger partial charge in [0.1, 0.15) is 5.82 Å². The summed E-state index contributed by atoms with van der Waals surface area (Å²) in [7, 11) is 0. The molecule has 1 aromatic heterocycles. The maximum Gasteiger partial charge on any atom is 0.230 e. The van der Waals surface area contributed by atoms with Crippen LogP contribution < -0.4 is 5.32 Å². The minimum absolute atomic E-state index is 0.154. The van der Waals surface area contributed by atoms with Crippen LogP contribution in [0.5, 0.6) is 0 Å². The molecule has 1 saturated heterocycles. The molecule has 0 radical (unpaired) electrons. The van der Waals surface area contributed by atoms with Gasteiger partial charge in [-0.2, -0.15) is 0 Å². The molecular formula is C9H14N4O. The lowest BCUT2D eigenvalue weighted by Crippen LogP contribution is -2.47. The number of nitrogens with zero attached hydrogens (tertiary/aromatic N) is 2. The summed E-state index contributed by atoms with van der Waals surface area (Å²) in [6.07, 6.45) is 3.79. The van der Waals surface area contributed by atoms with Gasteiger partial charge in [0.15, 0.2) is 0 Å². The molecule has 1 aliphatic heterocycles. The average molecular weight is 194 g/mol. The highest BCUT2D eigenvalue weighted by Gasteiger charge is 2.16. The number of hydrogen-bond donors (Lipinski definition) is 2. The molecule has 0 saturated carbocycles. The van der Waals surface area contributed by atoms with E-state index in [9.17, 15) is 4.79 Å². The molecule has 0 atom stereocenters. The van der Waals surface area contributed by atoms with Gasteiger partial charge in [-0.15, -0.1) is 0 Å². The molecule has 76 valence electrons. The number of carbonyl (C=O) groups excluding carboxylic acids is 1. The molecule has 0 bridgehead atoms. The largest absolute Gasteiger partial charge is 0.348 e. The third kappa shape index (κ3) is 2.11. The van der Waals surface area contributed by atoms with Crippen molar-refractivity contribution in [3.8, 4) is 0 Å². The van der Waals surface area contributed by atoms with E-state index in [-0.39, 0.29) is 5.91 Å². The zero-order chi connectivity index (χ0) is 9.80. The predicted molar refractivity (Wildman–Crippen MR) is 51.7 cm³/mol. The fourth-order valence-corrected chi connectivity index (χ4v) is 1.56. The van der Waals surface area contributed by atoms with Crippen LogP contribution in [0.1, 0.15) is 5.82 Å². The van der Waals surface area contributed by atoms with Crippen LogP contribution in [0.15, 0.2) is 12.4 Å². The highest BCUT2D eigenvalue weighted by atomic mass is 16.2. The smallest absolute Gasteiger partial charge is 0.230 e. The summed E-state index contributed by atoms with van der Waals surface area (Å²) in [6, 6.07) is 0. The van der Waals surface area contributed by atoms with Crippen molar-refractivity contribution in [3.05, 3.63) is 18.2 Å². The third-order valence-electron chi connectivity index (χ3n) is 2.34. The fourth-order valence-electron chi connectivity index (χ4n) is 1.56. The second-order valence-corrected chi connectivity index (χ2v) is 3.34. The zero-order valence-electron chi connectivity index (χ0n) is 7.99. The Kier molecular flexibility index (Phi) is 2.78. The number of imidazole rings is 1. The van der Waals surface area contributed by atoms with Gasteiger partial charge in [0.25, 0.3) is 0 Å². The van der Waals surface area contributed by atoms with Crippen molar-refractivity contribution < 1.29 is 4.79 Å². The first-order chi connectivity index (χ1) is 6.86. The number of aromatic nitrogens is 2. The van der Waals surface area contributed by atoms with E-state index >= 15 is 0 Å². The van der Waals surface area contributed by atoms with Crippen LogP contribution in [-0.2, 0) is 11.2 Å². The van der Waals surface area contributed by atoms with Crippen LogP contribution in [0.25, 0.3) is 0 Å². The Morgan fingerprint density at radius 3 is 2.93 bits per heavy atom. The highest BCUT2D eigenvalue weighted by Crippen LogP contribution is 1.98. The molecule has 0 spiro atoms. The number of aromatic amines is 1. The summed E-state index contributed by atoms with van der Waals surface area (Å²) in [4.78, 5) is 20.5. The van der Waals surface area contributed by atoms with Crippen LogP contribution in [0, 0.1) is 0 Å². The molecular weight excluding hydrogens is 180 g/mol. The van der Waals surface area contributed by atoms with Gasteiger partial charge in [-0.05, 0) is 0 Å². The zero-order valence-corrected chi connectivity index (χ0v) is 7.99. The third-order valence-corrected chi connectivity index (χ3v) is 2.34. The molecule has 1 fully saturated rings. The number of piperazine rings is 1. The maximum atomic E-state index is 11.7. The lowest BCUT2D eigenvalue weighted by molar-refractivity contribution is -0.131. The van der Waals surface area contributed by atoms with Crippen molar-refractivity contribution in [2.24, 2.45) is 0 Å². The summed E-state index contributed by atoms with van der Waals surface area (Å²) < 4.78 is 0. The maximum absolute atomic E-state index is 11.7. The van der Waals surface area contributed by atoms with Gasteiger partial charge in [-0.25, -0.2) is 4.98 Å². The Hall–Kier alpha value is -1.36. The van der Waals surface area contributed by atoms with Gasteiger partial charge < -0.3 is 15.2 Å². The van der Waals surface area contributed by atoms with Crippen molar-refractivity contribution >= 4 is 5.91 Å². The van der Waals surface area contributed by atoms with Gasteiger partial charge >= 0.3 is 0 Å². The molecule has 1 amide bonds. The van der Waals surface area contributed by atoms with E-state index in [0.29, 0.717) is 6.42 Å². The first-order valence-corrected chi connectivity index (χ1v) is 4.83. The van der Waals surface area contributed by atoms with E-state index in [1.807, 2.05) is 4.90 Å². The van der Waals surface area contributed by atoms with Gasteiger partial charge in [0.2, 0.25) is 5.91 Å². The molecule has 14 heavy (non-hydrogen) atoms. The quantitative estimate of drug-likeness (QED) is 0.660. The summed E-state index contributed by atoms with van der Waals surface area (Å²) >= 11 is 0. The monoisotopic (exact) mass is 194 g/mol. The van der Waals surface area contributed by atoms with Gasteiger partial charge in [0, 0.05) is 38.6 Å². The molecule has 0 unspecified atom stereocenters. The standard InChI is InChI=1S/C9H14N4O/c14-9(7-8-11-1-2-12-8)13-5-3-10-4-6-13/h1-2,10H,3-7H2,(H,11,12). The van der Waals surface area contributed by atoms with Crippen LogP contribution in [0.4, 0.5) is 0 Å². The normalized spacial score (nSPS) is 17.0. The van der Waals surface area contributed by atoms with E-state index in [1.54, 1.807) is 12.4 Å². The second kappa shape index (κ2) is 4.23. The van der Waals surface area contributed by atoms with E-state index < -0.39 is 0 Å². The molecule has 2 heterocycles. The fraction of sp³-hybridized carbons (Fsp3) is 0.556. The van der Waals surface area contributed by atoms with Crippen LogP contribution in [0.3, 0.4) is 0 Å². The molecule has 2 N–H and O–H groups in total. The SMILES string of the molecule is O=C(Cc1ncc[nH]1)N1CCNCC1. The van der Waals surface area contributed by atoms with Crippen molar-refractivity contribution in [1.82, 2.24) is 20.2 Å². The van der Waals surface area contributed by atoms with Crippen molar-refractivity contribution in [3.63, 3.8) is 0 Å². The van der Waals surface area contributed by atoms with E-state index in [2.05, 4.69) is 15.3 Å². The first kappa shape index (κ1) is 9.21. The average Bonchev–Trinajstić information content (AvgIpc) is 2.72. The second-order valence-electron chi connectivity index (χ2n) is 3.34. The number of amides is 1. The predicted octanol–water partition coefficient (Wildman–Crippen LogP) is -0.616. The molecule has 1 aliphatic rings. The Labute approximate surface area is 82.5 Å². The molecule has 2 rings (SSSR count). The summed E-state index contributed by atoms with van der Waals surface area (Å²) in [6.45, 7) is 3.40. The van der Waals surface area contributed by atoms with Crippen molar-refractivity contribution in [1.29, 1.82) is 0 Å². The topological polar surface area (TPSA) is 61.0 Å². The van der Waals surface area contributed by atoms with Gasteiger partial charge in [-0.1, -0.05) is 0 Å². The lowest BCUT2D eigenvalue weighted by Gasteiger charge is -2.27. The highest BCUT2D eigenvalue weighted by molar-refractivity contribution is 5.78. The summed E-state index contributed by atoms with van der Waals surface area (Å²) in [5, 5.41) is 3.21. The van der Waals surface area contributed by atoms with Gasteiger partial charge in [0.05, 0.1) is 6.42 Å². The Morgan fingerprint density at radius 2 is 2.29 bits per heavy atom. The number of H-pyrrole nitrogens is 1. The lowest BCUT2D eigenvalue weighted by atomic mass is 10.3. The van der Waals surface area contributed by atoms with E-state index in [1.165, 1.54) is 0 Å². The first-order valence-electron chi connectivity index (χ1n) is 4.83.